The molecule has 1 saturated carbocycles. The van der Waals surface area contributed by atoms with E-state index in [2.05, 4.69) is 4.98 Å². The second-order valence-corrected chi connectivity index (χ2v) is 6.27. The Morgan fingerprint density at radius 3 is 2.09 bits per heavy atom. The third-order valence-electron chi connectivity index (χ3n) is 4.92. The molecule has 0 spiro atoms. The molecule has 0 amide bonds. The van der Waals surface area contributed by atoms with E-state index in [0.29, 0.717) is 5.56 Å². The summed E-state index contributed by atoms with van der Waals surface area (Å²) in [6.07, 6.45) is 3.97. The Morgan fingerprint density at radius 1 is 0.913 bits per heavy atom. The Balaban J connectivity index is 1.71. The summed E-state index contributed by atoms with van der Waals surface area (Å²) in [6, 6.07) is 8.17. The van der Waals surface area contributed by atoms with Crippen molar-refractivity contribution in [2.75, 3.05) is 0 Å². The van der Waals surface area contributed by atoms with Crippen molar-refractivity contribution in [1.29, 1.82) is 0 Å². The van der Waals surface area contributed by atoms with Gasteiger partial charge in [0.25, 0.3) is 0 Å². The van der Waals surface area contributed by atoms with Crippen LogP contribution >= 0.6 is 0 Å². The van der Waals surface area contributed by atoms with Gasteiger partial charge in [0.1, 0.15) is 5.82 Å². The summed E-state index contributed by atoms with van der Waals surface area (Å²) in [4.78, 5) is 3.27. The largest absolute Gasteiger partial charge is 0.218 e. The quantitative estimate of drug-likeness (QED) is 0.680. The van der Waals surface area contributed by atoms with E-state index in [1.54, 1.807) is 6.07 Å². The van der Waals surface area contributed by atoms with Crippen molar-refractivity contribution in [2.45, 2.75) is 50.9 Å². The number of rotatable bonds is 3. The van der Waals surface area contributed by atoms with Crippen LogP contribution in [0.2, 0.25) is 0 Å². The minimum absolute atomic E-state index is 0.0392. The van der Waals surface area contributed by atoms with Crippen molar-refractivity contribution in [3.05, 3.63) is 64.7 Å². The number of nitrogens with zero attached hydrogens (tertiary/aromatic N) is 1. The van der Waals surface area contributed by atoms with Gasteiger partial charge in [-0.2, -0.15) is 13.8 Å². The predicted octanol–water partition coefficient (Wildman–Crippen LogP) is 5.50. The highest BCUT2D eigenvalue weighted by atomic mass is 19.1. The summed E-state index contributed by atoms with van der Waals surface area (Å²) in [5.74, 6) is -1.43. The van der Waals surface area contributed by atoms with Crippen LogP contribution in [-0.2, 0) is 6.42 Å². The van der Waals surface area contributed by atoms with E-state index in [-0.39, 0.29) is 17.7 Å². The highest BCUT2D eigenvalue weighted by molar-refractivity contribution is 5.28. The van der Waals surface area contributed by atoms with E-state index in [9.17, 15) is 13.2 Å². The molecule has 0 N–H and O–H groups in total. The maximum atomic E-state index is 14.2. The van der Waals surface area contributed by atoms with Crippen LogP contribution in [0.3, 0.4) is 0 Å². The van der Waals surface area contributed by atoms with Crippen LogP contribution in [0.15, 0.2) is 30.3 Å². The minimum Gasteiger partial charge on any atom is -0.207 e. The molecule has 1 heterocycles. The van der Waals surface area contributed by atoms with Gasteiger partial charge in [0.2, 0.25) is 11.9 Å². The molecule has 4 heteroatoms. The average Bonchev–Trinajstić information content (AvgIpc) is 2.55. The zero-order valence-electron chi connectivity index (χ0n) is 13.2. The Morgan fingerprint density at radius 2 is 1.52 bits per heavy atom. The summed E-state index contributed by atoms with van der Waals surface area (Å²) in [5, 5.41) is 0. The first-order valence-electron chi connectivity index (χ1n) is 8.18. The molecule has 1 aliphatic carbocycles. The topological polar surface area (TPSA) is 12.9 Å². The van der Waals surface area contributed by atoms with Gasteiger partial charge in [-0.15, -0.1) is 0 Å². The Kier molecular flexibility index (Phi) is 4.69. The highest BCUT2D eigenvalue weighted by Crippen LogP contribution is 2.41. The maximum absolute atomic E-state index is 14.2. The standard InChI is InChI=1S/C19H20F3N/c1-2-12-3-8-15(17(20)11-12)13-4-6-14(7-5-13)16-9-10-18(21)23-19(16)22/h3,8-11,13-14H,2,4-7H2,1H3. The molecule has 1 fully saturated rings. The summed E-state index contributed by atoms with van der Waals surface area (Å²) < 4.78 is 40.9. The molecule has 1 aromatic heterocycles. The number of benzene rings is 1. The molecule has 23 heavy (non-hydrogen) atoms. The van der Waals surface area contributed by atoms with Crippen molar-refractivity contribution in [3.8, 4) is 0 Å². The molecule has 0 atom stereocenters. The third kappa shape index (κ3) is 3.41. The van der Waals surface area contributed by atoms with Crippen molar-refractivity contribution >= 4 is 0 Å². The molecule has 3 rings (SSSR count). The number of aromatic nitrogens is 1. The molecule has 0 unspecified atom stereocenters. The first kappa shape index (κ1) is 16.0. The minimum atomic E-state index is -0.793. The number of halogens is 3. The first-order valence-corrected chi connectivity index (χ1v) is 8.18. The number of pyridine rings is 1. The lowest BCUT2D eigenvalue weighted by Gasteiger charge is -2.29. The van der Waals surface area contributed by atoms with Gasteiger partial charge >= 0.3 is 0 Å². The second-order valence-electron chi connectivity index (χ2n) is 6.27. The molecule has 0 radical (unpaired) electrons. The molecular formula is C19H20F3N. The predicted molar refractivity (Wildman–Crippen MR) is 83.9 cm³/mol. The van der Waals surface area contributed by atoms with Gasteiger partial charge in [0.15, 0.2) is 0 Å². The third-order valence-corrected chi connectivity index (χ3v) is 4.92. The summed E-state index contributed by atoms with van der Waals surface area (Å²) in [7, 11) is 0. The number of hydrogen-bond donors (Lipinski definition) is 0. The van der Waals surface area contributed by atoms with Crippen molar-refractivity contribution in [3.63, 3.8) is 0 Å². The average molecular weight is 319 g/mol. The Labute approximate surface area is 134 Å². The van der Waals surface area contributed by atoms with E-state index < -0.39 is 11.9 Å². The molecule has 1 nitrogen and oxygen atoms in total. The van der Waals surface area contributed by atoms with Crippen LogP contribution in [-0.4, -0.2) is 4.98 Å². The van der Waals surface area contributed by atoms with E-state index in [1.807, 2.05) is 19.1 Å². The van der Waals surface area contributed by atoms with Crippen LogP contribution in [0.1, 0.15) is 61.1 Å². The number of aryl methyl sites for hydroxylation is 1. The van der Waals surface area contributed by atoms with Crippen LogP contribution in [0.4, 0.5) is 13.2 Å². The Hall–Kier alpha value is -1.84. The van der Waals surface area contributed by atoms with Gasteiger partial charge < -0.3 is 0 Å². The molecular weight excluding hydrogens is 299 g/mol. The zero-order chi connectivity index (χ0) is 16.4. The van der Waals surface area contributed by atoms with Gasteiger partial charge in [-0.3, -0.25) is 0 Å². The van der Waals surface area contributed by atoms with Crippen molar-refractivity contribution in [2.24, 2.45) is 0 Å². The molecule has 1 aliphatic rings. The second kappa shape index (κ2) is 6.73. The van der Waals surface area contributed by atoms with E-state index in [4.69, 9.17) is 0 Å². The van der Waals surface area contributed by atoms with Crippen molar-refractivity contribution < 1.29 is 13.2 Å². The lowest BCUT2D eigenvalue weighted by Crippen LogP contribution is -2.15. The monoisotopic (exact) mass is 319 g/mol. The fourth-order valence-corrected chi connectivity index (χ4v) is 3.56. The summed E-state index contributed by atoms with van der Waals surface area (Å²) in [6.45, 7) is 2.00. The van der Waals surface area contributed by atoms with Crippen LogP contribution in [0, 0.1) is 17.7 Å². The van der Waals surface area contributed by atoms with Crippen molar-refractivity contribution in [1.82, 2.24) is 4.98 Å². The lowest BCUT2D eigenvalue weighted by atomic mass is 9.76. The van der Waals surface area contributed by atoms with Crippen LogP contribution in [0.25, 0.3) is 0 Å². The normalized spacial score (nSPS) is 21.4. The summed E-state index contributed by atoms with van der Waals surface area (Å²) in [5.41, 5.74) is 2.24. The fourth-order valence-electron chi connectivity index (χ4n) is 3.56. The highest BCUT2D eigenvalue weighted by Gasteiger charge is 2.27. The molecule has 2 aromatic rings. The Bertz CT molecular complexity index is 691. The maximum Gasteiger partial charge on any atom is 0.218 e. The van der Waals surface area contributed by atoms with Crippen LogP contribution in [0.5, 0.6) is 0 Å². The first-order chi connectivity index (χ1) is 11.1. The molecule has 0 saturated heterocycles. The van der Waals surface area contributed by atoms with Gasteiger partial charge in [-0.1, -0.05) is 19.1 Å². The molecule has 0 aliphatic heterocycles. The SMILES string of the molecule is CCc1ccc(C2CCC(c3ccc(F)nc3F)CC2)c(F)c1. The van der Waals surface area contributed by atoms with E-state index in [0.717, 1.165) is 43.2 Å². The van der Waals surface area contributed by atoms with Gasteiger partial charge in [0.05, 0.1) is 0 Å². The summed E-state index contributed by atoms with van der Waals surface area (Å²) >= 11 is 0. The number of hydrogen-bond acceptors (Lipinski definition) is 1. The van der Waals surface area contributed by atoms with Gasteiger partial charge in [-0.05, 0) is 73.3 Å². The van der Waals surface area contributed by atoms with Crippen LogP contribution < -0.4 is 0 Å². The molecule has 0 bridgehead atoms. The molecule has 122 valence electrons. The molecule has 1 aromatic carbocycles. The van der Waals surface area contributed by atoms with Gasteiger partial charge in [0, 0.05) is 5.56 Å². The van der Waals surface area contributed by atoms with E-state index in [1.165, 1.54) is 12.1 Å². The van der Waals surface area contributed by atoms with E-state index >= 15 is 0 Å². The fraction of sp³-hybridized carbons (Fsp3) is 0.421. The zero-order valence-corrected chi connectivity index (χ0v) is 13.2. The van der Waals surface area contributed by atoms with Gasteiger partial charge in [-0.25, -0.2) is 4.39 Å². The lowest BCUT2D eigenvalue weighted by molar-refractivity contribution is 0.374. The smallest absolute Gasteiger partial charge is 0.207 e.